The molecular formula is C20H24O6. The normalized spacial score (nSPS) is 10.8. The van der Waals surface area contributed by atoms with E-state index in [0.29, 0.717) is 5.39 Å². The molecule has 0 aliphatic carbocycles. The Bertz CT molecular complexity index is 705. The lowest BCUT2D eigenvalue weighted by Gasteiger charge is -2.13. The van der Waals surface area contributed by atoms with Crippen LogP contribution in [0.4, 0.5) is 9.59 Å². The highest BCUT2D eigenvalue weighted by Gasteiger charge is 2.16. The SMILES string of the molecule is CC(C)COC(=O)Oc1cccc2cccc(OC(=O)OCC(C)C)c12. The lowest BCUT2D eigenvalue weighted by molar-refractivity contribution is 0.0883. The van der Waals surface area contributed by atoms with Crippen LogP contribution in [-0.4, -0.2) is 25.5 Å². The first-order chi connectivity index (χ1) is 12.4. The second-order valence-electron chi connectivity index (χ2n) is 6.72. The van der Waals surface area contributed by atoms with Crippen molar-refractivity contribution in [2.45, 2.75) is 27.7 Å². The molecule has 0 aliphatic rings. The largest absolute Gasteiger partial charge is 0.513 e. The van der Waals surface area contributed by atoms with Crippen LogP contribution >= 0.6 is 0 Å². The molecule has 0 fully saturated rings. The Labute approximate surface area is 153 Å². The molecule has 26 heavy (non-hydrogen) atoms. The van der Waals surface area contributed by atoms with Crippen LogP contribution in [0.3, 0.4) is 0 Å². The lowest BCUT2D eigenvalue weighted by Crippen LogP contribution is -2.15. The van der Waals surface area contributed by atoms with Crippen LogP contribution in [-0.2, 0) is 9.47 Å². The molecule has 0 radical (unpaired) electrons. The van der Waals surface area contributed by atoms with Crippen molar-refractivity contribution in [3.8, 4) is 11.5 Å². The first-order valence-corrected chi connectivity index (χ1v) is 8.57. The zero-order valence-corrected chi connectivity index (χ0v) is 15.5. The molecule has 0 amide bonds. The van der Waals surface area contributed by atoms with Crippen LogP contribution in [0.1, 0.15) is 27.7 Å². The Morgan fingerprint density at radius 2 is 1.19 bits per heavy atom. The second kappa shape index (κ2) is 9.08. The molecule has 140 valence electrons. The standard InChI is InChI=1S/C20H24O6/c1-13(2)11-23-19(21)25-16-9-5-7-15-8-6-10-17(18(15)16)26-20(22)24-12-14(3)4/h5-10,13-14H,11-12H2,1-4H3. The van der Waals surface area contributed by atoms with E-state index in [9.17, 15) is 9.59 Å². The summed E-state index contributed by atoms with van der Waals surface area (Å²) in [7, 11) is 0. The summed E-state index contributed by atoms with van der Waals surface area (Å²) in [5, 5.41) is 1.26. The molecule has 0 saturated heterocycles. The van der Waals surface area contributed by atoms with Crippen molar-refractivity contribution in [2.24, 2.45) is 11.8 Å². The summed E-state index contributed by atoms with van der Waals surface area (Å²) in [4.78, 5) is 23.8. The van der Waals surface area contributed by atoms with Crippen LogP contribution in [0.15, 0.2) is 36.4 Å². The number of fused-ring (bicyclic) bond motifs is 1. The predicted octanol–water partition coefficient (Wildman–Crippen LogP) is 5.18. The maximum absolute atomic E-state index is 11.9. The molecule has 2 aromatic rings. The average molecular weight is 360 g/mol. The Morgan fingerprint density at radius 3 is 1.58 bits per heavy atom. The van der Waals surface area contributed by atoms with Crippen LogP contribution in [0.5, 0.6) is 11.5 Å². The van der Waals surface area contributed by atoms with Crippen molar-refractivity contribution in [1.82, 2.24) is 0 Å². The molecule has 6 heteroatoms. The average Bonchev–Trinajstić information content (AvgIpc) is 2.58. The molecule has 0 unspecified atom stereocenters. The summed E-state index contributed by atoms with van der Waals surface area (Å²) in [5.41, 5.74) is 0. The molecule has 0 aliphatic heterocycles. The van der Waals surface area contributed by atoms with Gasteiger partial charge in [0, 0.05) is 0 Å². The molecule has 0 heterocycles. The summed E-state index contributed by atoms with van der Waals surface area (Å²) in [6.07, 6.45) is -1.60. The van der Waals surface area contributed by atoms with Crippen molar-refractivity contribution >= 4 is 23.1 Å². The quantitative estimate of drug-likeness (QED) is 0.522. The minimum atomic E-state index is -0.802. The molecular weight excluding hydrogens is 336 g/mol. The molecule has 6 nitrogen and oxygen atoms in total. The number of ether oxygens (including phenoxy) is 4. The Kier molecular flexibility index (Phi) is 6.83. The zero-order valence-electron chi connectivity index (χ0n) is 15.5. The predicted molar refractivity (Wildman–Crippen MR) is 97.6 cm³/mol. The number of hydrogen-bond donors (Lipinski definition) is 0. The van der Waals surface area contributed by atoms with Gasteiger partial charge in [-0.05, 0) is 29.4 Å². The number of benzene rings is 2. The van der Waals surface area contributed by atoms with Gasteiger partial charge in [0.1, 0.15) is 11.5 Å². The van der Waals surface area contributed by atoms with Gasteiger partial charge in [-0.1, -0.05) is 52.0 Å². The molecule has 0 atom stereocenters. The van der Waals surface area contributed by atoms with Gasteiger partial charge in [-0.3, -0.25) is 0 Å². The first kappa shape index (κ1) is 19.6. The molecule has 0 spiro atoms. The van der Waals surface area contributed by atoms with Gasteiger partial charge in [0.25, 0.3) is 0 Å². The van der Waals surface area contributed by atoms with E-state index in [1.807, 2.05) is 39.8 Å². The van der Waals surface area contributed by atoms with E-state index >= 15 is 0 Å². The number of carbonyl (C=O) groups is 2. The van der Waals surface area contributed by atoms with Gasteiger partial charge in [-0.25, -0.2) is 9.59 Å². The van der Waals surface area contributed by atoms with Crippen molar-refractivity contribution in [3.63, 3.8) is 0 Å². The van der Waals surface area contributed by atoms with Gasteiger partial charge in [0.2, 0.25) is 0 Å². The summed E-state index contributed by atoms with van der Waals surface area (Å²) in [6.45, 7) is 8.24. The maximum atomic E-state index is 11.9. The van der Waals surface area contributed by atoms with Crippen LogP contribution in [0, 0.1) is 11.8 Å². The number of rotatable bonds is 6. The Hall–Kier alpha value is -2.76. The fourth-order valence-corrected chi connectivity index (χ4v) is 2.15. The van der Waals surface area contributed by atoms with Gasteiger partial charge in [0.15, 0.2) is 0 Å². The van der Waals surface area contributed by atoms with Crippen molar-refractivity contribution in [1.29, 1.82) is 0 Å². The second-order valence-corrected chi connectivity index (χ2v) is 6.72. The van der Waals surface area contributed by atoms with E-state index in [-0.39, 0.29) is 36.5 Å². The summed E-state index contributed by atoms with van der Waals surface area (Å²) < 4.78 is 20.7. The third kappa shape index (κ3) is 5.65. The Balaban J connectivity index is 2.23. The fourth-order valence-electron chi connectivity index (χ4n) is 2.15. The van der Waals surface area contributed by atoms with Crippen LogP contribution in [0.2, 0.25) is 0 Å². The number of carbonyl (C=O) groups excluding carboxylic acids is 2. The number of hydrogen-bond acceptors (Lipinski definition) is 6. The third-order valence-corrected chi connectivity index (χ3v) is 3.28. The third-order valence-electron chi connectivity index (χ3n) is 3.28. The van der Waals surface area contributed by atoms with Gasteiger partial charge < -0.3 is 18.9 Å². The topological polar surface area (TPSA) is 71.1 Å². The van der Waals surface area contributed by atoms with Crippen molar-refractivity contribution in [2.75, 3.05) is 13.2 Å². The molecule has 0 N–H and O–H groups in total. The summed E-state index contributed by atoms with van der Waals surface area (Å²) >= 11 is 0. The molecule has 0 saturated carbocycles. The van der Waals surface area contributed by atoms with E-state index < -0.39 is 12.3 Å². The minimum Gasteiger partial charge on any atom is -0.434 e. The van der Waals surface area contributed by atoms with E-state index in [0.717, 1.165) is 5.39 Å². The van der Waals surface area contributed by atoms with E-state index in [4.69, 9.17) is 18.9 Å². The zero-order chi connectivity index (χ0) is 19.1. The monoisotopic (exact) mass is 360 g/mol. The highest BCUT2D eigenvalue weighted by atomic mass is 16.7. The van der Waals surface area contributed by atoms with E-state index in [1.54, 1.807) is 24.3 Å². The van der Waals surface area contributed by atoms with Gasteiger partial charge in [0.05, 0.1) is 18.6 Å². The van der Waals surface area contributed by atoms with Crippen molar-refractivity contribution < 1.29 is 28.5 Å². The Morgan fingerprint density at radius 1 is 0.769 bits per heavy atom. The summed E-state index contributed by atoms with van der Waals surface area (Å²) in [5.74, 6) is 0.904. The van der Waals surface area contributed by atoms with Crippen LogP contribution < -0.4 is 9.47 Å². The lowest BCUT2D eigenvalue weighted by atomic mass is 10.1. The van der Waals surface area contributed by atoms with Gasteiger partial charge in [-0.15, -0.1) is 0 Å². The van der Waals surface area contributed by atoms with Crippen molar-refractivity contribution in [3.05, 3.63) is 36.4 Å². The summed E-state index contributed by atoms with van der Waals surface area (Å²) in [6, 6.07) is 10.4. The van der Waals surface area contributed by atoms with E-state index in [1.165, 1.54) is 0 Å². The molecule has 0 bridgehead atoms. The highest BCUT2D eigenvalue weighted by Crippen LogP contribution is 2.34. The molecule has 2 aromatic carbocycles. The first-order valence-electron chi connectivity index (χ1n) is 8.57. The highest BCUT2D eigenvalue weighted by molar-refractivity contribution is 5.96. The van der Waals surface area contributed by atoms with Crippen LogP contribution in [0.25, 0.3) is 10.8 Å². The maximum Gasteiger partial charge on any atom is 0.513 e. The minimum absolute atomic E-state index is 0.199. The smallest absolute Gasteiger partial charge is 0.434 e. The molecule has 2 rings (SSSR count). The van der Waals surface area contributed by atoms with E-state index in [2.05, 4.69) is 0 Å². The fraction of sp³-hybridized carbons (Fsp3) is 0.400. The van der Waals surface area contributed by atoms with Gasteiger partial charge >= 0.3 is 12.3 Å². The molecule has 0 aromatic heterocycles. The van der Waals surface area contributed by atoms with Gasteiger partial charge in [-0.2, -0.15) is 0 Å².